The van der Waals surface area contributed by atoms with E-state index in [4.69, 9.17) is 9.72 Å². The topological polar surface area (TPSA) is 113 Å². The Morgan fingerprint density at radius 2 is 2.12 bits per heavy atom. The lowest BCUT2D eigenvalue weighted by molar-refractivity contribution is 0.139. The molecule has 0 aromatic carbocycles. The molecule has 5 rings (SSSR count). The van der Waals surface area contributed by atoms with Crippen molar-refractivity contribution in [3.63, 3.8) is 0 Å². The number of hydrogen-bond donors (Lipinski definition) is 2. The number of nitrogens with zero attached hydrogens (tertiary/aromatic N) is 4. The van der Waals surface area contributed by atoms with Crippen molar-refractivity contribution in [2.24, 2.45) is 7.05 Å². The van der Waals surface area contributed by atoms with E-state index >= 15 is 0 Å². The van der Waals surface area contributed by atoms with Gasteiger partial charge in [0.1, 0.15) is 29.4 Å². The van der Waals surface area contributed by atoms with Crippen molar-refractivity contribution in [1.82, 2.24) is 24.4 Å². The van der Waals surface area contributed by atoms with Crippen LogP contribution < -0.4 is 10.3 Å². The lowest BCUT2D eigenvalue weighted by Crippen LogP contribution is -2.34. The largest absolute Gasteiger partial charge is 0.486 e. The Bertz CT molecular complexity index is 1430. The van der Waals surface area contributed by atoms with E-state index in [2.05, 4.69) is 9.97 Å². The normalized spacial score (nSPS) is 13.2. The van der Waals surface area contributed by atoms with E-state index in [9.17, 15) is 19.1 Å². The van der Waals surface area contributed by atoms with E-state index < -0.39 is 11.9 Å². The first-order chi connectivity index (χ1) is 15.9. The summed E-state index contributed by atoms with van der Waals surface area (Å²) in [5.74, 6) is -0.113. The van der Waals surface area contributed by atoms with E-state index in [1.165, 1.54) is 23.2 Å². The van der Waals surface area contributed by atoms with Gasteiger partial charge in [0.2, 0.25) is 0 Å². The highest BCUT2D eigenvalue weighted by Crippen LogP contribution is 2.32. The molecule has 1 amide bonds. The lowest BCUT2D eigenvalue weighted by Gasteiger charge is -2.25. The number of pyridine rings is 3. The number of hydrogen-bond acceptors (Lipinski definition) is 5. The maximum absolute atomic E-state index is 13.1. The molecule has 0 saturated carbocycles. The molecule has 1 aliphatic heterocycles. The molecular formula is C23H20FN5O4. The monoisotopic (exact) mass is 449 g/mol. The number of halogens is 1. The number of H-pyrrole nitrogens is 1. The maximum atomic E-state index is 13.1. The van der Waals surface area contributed by atoms with Crippen LogP contribution in [0.25, 0.3) is 22.3 Å². The van der Waals surface area contributed by atoms with Crippen molar-refractivity contribution < 1.29 is 19.0 Å². The van der Waals surface area contributed by atoms with Crippen LogP contribution in [0.5, 0.6) is 5.75 Å². The molecular weight excluding hydrogens is 429 g/mol. The molecule has 33 heavy (non-hydrogen) atoms. The highest BCUT2D eigenvalue weighted by Gasteiger charge is 2.26. The van der Waals surface area contributed by atoms with Gasteiger partial charge in [0.25, 0.3) is 5.56 Å². The van der Waals surface area contributed by atoms with Gasteiger partial charge in [0, 0.05) is 42.9 Å². The summed E-state index contributed by atoms with van der Waals surface area (Å²) in [6.07, 6.45) is 2.24. The van der Waals surface area contributed by atoms with Gasteiger partial charge in [0.15, 0.2) is 0 Å². The van der Waals surface area contributed by atoms with Crippen LogP contribution in [0, 0.1) is 5.82 Å². The molecule has 9 nitrogen and oxygen atoms in total. The second kappa shape index (κ2) is 8.05. The lowest BCUT2D eigenvalue weighted by atomic mass is 10.0. The van der Waals surface area contributed by atoms with Crippen molar-refractivity contribution in [2.75, 3.05) is 6.54 Å². The second-order valence-electron chi connectivity index (χ2n) is 7.81. The Morgan fingerprint density at radius 3 is 2.88 bits per heavy atom. The zero-order valence-corrected chi connectivity index (χ0v) is 17.7. The molecule has 0 aliphatic carbocycles. The highest BCUT2D eigenvalue weighted by molar-refractivity contribution is 5.86. The van der Waals surface area contributed by atoms with Crippen molar-refractivity contribution in [3.8, 4) is 17.0 Å². The number of carboxylic acid groups (broad SMARTS) is 1. The van der Waals surface area contributed by atoms with Gasteiger partial charge in [0.05, 0.1) is 24.1 Å². The Morgan fingerprint density at radius 1 is 1.27 bits per heavy atom. The number of nitrogens with one attached hydrogen (secondary N) is 1. The average Bonchev–Trinajstić information content (AvgIpc) is 3.09. The van der Waals surface area contributed by atoms with Crippen molar-refractivity contribution in [1.29, 1.82) is 0 Å². The number of aryl methyl sites for hydroxylation is 1. The first-order valence-electron chi connectivity index (χ1n) is 10.3. The highest BCUT2D eigenvalue weighted by atomic mass is 19.1. The van der Waals surface area contributed by atoms with E-state index in [0.29, 0.717) is 42.3 Å². The summed E-state index contributed by atoms with van der Waals surface area (Å²) in [5.41, 5.74) is 3.49. The molecule has 0 fully saturated rings. The quantitative estimate of drug-likeness (QED) is 0.495. The SMILES string of the molecule is Cn1c2c(c3ccc(-c4c(OCc5ccc(F)cn5)cc[nH]c4=O)nc31)CN(C(=O)O)CC2. The molecule has 168 valence electrons. The zero-order chi connectivity index (χ0) is 23.1. The third-order valence-corrected chi connectivity index (χ3v) is 5.85. The smallest absolute Gasteiger partial charge is 0.407 e. The molecule has 0 spiro atoms. The third kappa shape index (κ3) is 3.69. The number of fused-ring (bicyclic) bond motifs is 3. The van der Waals surface area contributed by atoms with E-state index in [0.717, 1.165) is 22.8 Å². The molecule has 4 aromatic rings. The van der Waals surface area contributed by atoms with Crippen molar-refractivity contribution in [3.05, 3.63) is 75.8 Å². The standard InChI is InChI=1S/C23H20FN5O4/c1-28-18-7-9-29(23(31)32)11-16(18)15-4-5-17(27-21(15)28)20-19(6-8-25-22(20)30)33-12-14-3-2-13(24)10-26-14/h2-6,8,10H,7,9,11-12H2,1H3,(H,25,30)(H,31,32). The fraction of sp³-hybridized carbons (Fsp3) is 0.217. The van der Waals surface area contributed by atoms with Gasteiger partial charge < -0.3 is 24.3 Å². The zero-order valence-electron chi connectivity index (χ0n) is 17.7. The van der Waals surface area contributed by atoms with Crippen LogP contribution in [0.4, 0.5) is 9.18 Å². The van der Waals surface area contributed by atoms with Crippen LogP contribution in [-0.2, 0) is 26.6 Å². The Kier molecular flexibility index (Phi) is 5.04. The van der Waals surface area contributed by atoms with Gasteiger partial charge in [-0.3, -0.25) is 9.78 Å². The minimum absolute atomic E-state index is 0.0580. The Balaban J connectivity index is 1.53. The van der Waals surface area contributed by atoms with Gasteiger partial charge in [-0.2, -0.15) is 0 Å². The van der Waals surface area contributed by atoms with Crippen LogP contribution in [0.3, 0.4) is 0 Å². The summed E-state index contributed by atoms with van der Waals surface area (Å²) in [7, 11) is 1.89. The molecule has 2 N–H and O–H groups in total. The Hall–Kier alpha value is -4.21. The average molecular weight is 449 g/mol. The number of amides is 1. The summed E-state index contributed by atoms with van der Waals surface area (Å²) < 4.78 is 20.9. The fourth-order valence-corrected chi connectivity index (χ4v) is 4.20. The summed E-state index contributed by atoms with van der Waals surface area (Å²) in [6.45, 7) is 0.781. The number of aromatic amines is 1. The predicted molar refractivity (Wildman–Crippen MR) is 117 cm³/mol. The molecule has 0 atom stereocenters. The number of aromatic nitrogens is 4. The third-order valence-electron chi connectivity index (χ3n) is 5.85. The van der Waals surface area contributed by atoms with Crippen LogP contribution in [0.2, 0.25) is 0 Å². The van der Waals surface area contributed by atoms with E-state index in [1.807, 2.05) is 17.7 Å². The van der Waals surface area contributed by atoms with E-state index in [1.54, 1.807) is 12.1 Å². The molecule has 5 heterocycles. The van der Waals surface area contributed by atoms with Gasteiger partial charge in [-0.1, -0.05) is 0 Å². The molecule has 0 unspecified atom stereocenters. The summed E-state index contributed by atoms with van der Waals surface area (Å²) in [4.78, 5) is 36.9. The molecule has 0 radical (unpaired) electrons. The first kappa shape index (κ1) is 20.7. The second-order valence-corrected chi connectivity index (χ2v) is 7.81. The number of ether oxygens (including phenoxy) is 1. The van der Waals surface area contributed by atoms with E-state index in [-0.39, 0.29) is 17.7 Å². The summed E-state index contributed by atoms with van der Waals surface area (Å²) in [5, 5.41) is 10.2. The van der Waals surface area contributed by atoms with Gasteiger partial charge in [-0.25, -0.2) is 14.2 Å². The summed E-state index contributed by atoms with van der Waals surface area (Å²) in [6, 6.07) is 8.03. The van der Waals surface area contributed by atoms with Crippen LogP contribution in [0.15, 0.2) is 47.5 Å². The molecule has 0 saturated heterocycles. The first-order valence-corrected chi connectivity index (χ1v) is 10.3. The van der Waals surface area contributed by atoms with Crippen LogP contribution >= 0.6 is 0 Å². The maximum Gasteiger partial charge on any atom is 0.407 e. The van der Waals surface area contributed by atoms with Gasteiger partial charge >= 0.3 is 6.09 Å². The number of carbonyl (C=O) groups is 1. The van der Waals surface area contributed by atoms with Crippen LogP contribution in [0.1, 0.15) is 17.0 Å². The van der Waals surface area contributed by atoms with Gasteiger partial charge in [-0.15, -0.1) is 0 Å². The molecule has 1 aliphatic rings. The van der Waals surface area contributed by atoms with Gasteiger partial charge in [-0.05, 0) is 30.3 Å². The van der Waals surface area contributed by atoms with Crippen molar-refractivity contribution >= 4 is 17.1 Å². The molecule has 4 aromatic heterocycles. The predicted octanol–water partition coefficient (Wildman–Crippen LogP) is 3.08. The minimum atomic E-state index is -0.949. The Labute approximate surface area is 187 Å². The molecule has 0 bridgehead atoms. The number of rotatable bonds is 4. The van der Waals surface area contributed by atoms with Crippen molar-refractivity contribution in [2.45, 2.75) is 19.6 Å². The minimum Gasteiger partial charge on any atom is -0.486 e. The summed E-state index contributed by atoms with van der Waals surface area (Å²) >= 11 is 0. The van der Waals surface area contributed by atoms with Crippen LogP contribution in [-0.4, -0.2) is 42.2 Å². The fourth-order valence-electron chi connectivity index (χ4n) is 4.20. The molecule has 10 heteroatoms.